The summed E-state index contributed by atoms with van der Waals surface area (Å²) in [5.74, 6) is 0.146. The number of thioether (sulfide) groups is 1. The fourth-order valence-corrected chi connectivity index (χ4v) is 2.90. The quantitative estimate of drug-likeness (QED) is 0.844. The van der Waals surface area contributed by atoms with E-state index in [9.17, 15) is 9.59 Å². The lowest BCUT2D eigenvalue weighted by Gasteiger charge is -2.18. The first kappa shape index (κ1) is 15.7. The van der Waals surface area contributed by atoms with Gasteiger partial charge in [0, 0.05) is 31.0 Å². The van der Waals surface area contributed by atoms with Gasteiger partial charge in [-0.15, -0.1) is 11.8 Å². The molecule has 0 saturated carbocycles. The standard InChI is InChI=1S/C15H21N3O2S/c1-18-10-9-11(7-8-14(18)19)16-15(20)17-12-5-3-4-6-13(12)21-2/h3-6,11H,7-10H2,1-2H3,(H2,16,17,20). The number of likely N-dealkylation sites (tertiary alicyclic amines) is 1. The molecule has 0 aromatic heterocycles. The summed E-state index contributed by atoms with van der Waals surface area (Å²) in [5, 5.41) is 5.84. The van der Waals surface area contributed by atoms with Crippen molar-refractivity contribution in [3.05, 3.63) is 24.3 Å². The number of rotatable bonds is 3. The fraction of sp³-hybridized carbons (Fsp3) is 0.467. The van der Waals surface area contributed by atoms with Crippen LogP contribution in [-0.2, 0) is 4.79 Å². The zero-order valence-electron chi connectivity index (χ0n) is 12.4. The Bertz CT molecular complexity index is 521. The molecule has 3 amide bonds. The molecule has 0 aliphatic carbocycles. The number of para-hydroxylation sites is 1. The van der Waals surface area contributed by atoms with Gasteiger partial charge in [0.2, 0.25) is 5.91 Å². The van der Waals surface area contributed by atoms with Crippen LogP contribution in [0.3, 0.4) is 0 Å². The molecule has 21 heavy (non-hydrogen) atoms. The Kier molecular flexibility index (Phi) is 5.50. The molecule has 1 unspecified atom stereocenters. The van der Waals surface area contributed by atoms with Gasteiger partial charge in [0.05, 0.1) is 5.69 Å². The van der Waals surface area contributed by atoms with Crippen molar-refractivity contribution in [3.8, 4) is 0 Å². The molecular formula is C15H21N3O2S. The first-order chi connectivity index (χ1) is 10.1. The summed E-state index contributed by atoms with van der Waals surface area (Å²) in [6, 6.07) is 7.53. The van der Waals surface area contributed by atoms with Gasteiger partial charge in [0.25, 0.3) is 0 Å². The summed E-state index contributed by atoms with van der Waals surface area (Å²) in [6.07, 6.45) is 3.95. The molecule has 1 fully saturated rings. The van der Waals surface area contributed by atoms with Crippen molar-refractivity contribution in [2.75, 3.05) is 25.2 Å². The highest BCUT2D eigenvalue weighted by Crippen LogP contribution is 2.24. The van der Waals surface area contributed by atoms with Crippen molar-refractivity contribution in [3.63, 3.8) is 0 Å². The number of nitrogens with one attached hydrogen (secondary N) is 2. The van der Waals surface area contributed by atoms with Crippen molar-refractivity contribution in [1.82, 2.24) is 10.2 Å². The summed E-state index contributed by atoms with van der Waals surface area (Å²) in [6.45, 7) is 0.686. The normalized spacial score (nSPS) is 19.0. The molecule has 1 saturated heterocycles. The van der Waals surface area contributed by atoms with Crippen molar-refractivity contribution < 1.29 is 9.59 Å². The highest BCUT2D eigenvalue weighted by molar-refractivity contribution is 7.98. The van der Waals surface area contributed by atoms with Crippen LogP contribution in [0.25, 0.3) is 0 Å². The lowest BCUT2D eigenvalue weighted by Crippen LogP contribution is -2.38. The molecule has 6 heteroatoms. The van der Waals surface area contributed by atoms with Crippen molar-refractivity contribution in [1.29, 1.82) is 0 Å². The molecule has 0 spiro atoms. The Hall–Kier alpha value is -1.69. The minimum Gasteiger partial charge on any atom is -0.346 e. The number of carbonyl (C=O) groups excluding carboxylic acids is 2. The van der Waals surface area contributed by atoms with Gasteiger partial charge in [-0.3, -0.25) is 4.79 Å². The average Bonchev–Trinajstić information content (AvgIpc) is 2.63. The van der Waals surface area contributed by atoms with Crippen LogP contribution in [-0.4, -0.2) is 42.7 Å². The van der Waals surface area contributed by atoms with Gasteiger partial charge in [-0.25, -0.2) is 4.79 Å². The number of nitrogens with zero attached hydrogens (tertiary/aromatic N) is 1. The monoisotopic (exact) mass is 307 g/mol. The summed E-state index contributed by atoms with van der Waals surface area (Å²) < 4.78 is 0. The van der Waals surface area contributed by atoms with Gasteiger partial charge in [0.15, 0.2) is 0 Å². The Morgan fingerprint density at radius 2 is 2.10 bits per heavy atom. The van der Waals surface area contributed by atoms with Gasteiger partial charge >= 0.3 is 6.03 Å². The van der Waals surface area contributed by atoms with E-state index in [4.69, 9.17) is 0 Å². The van der Waals surface area contributed by atoms with Crippen LogP contribution in [0.1, 0.15) is 19.3 Å². The maximum Gasteiger partial charge on any atom is 0.319 e. The summed E-state index contributed by atoms with van der Waals surface area (Å²) in [7, 11) is 1.81. The average molecular weight is 307 g/mol. The van der Waals surface area contributed by atoms with Gasteiger partial charge in [-0.05, 0) is 31.2 Å². The van der Waals surface area contributed by atoms with E-state index in [-0.39, 0.29) is 18.0 Å². The molecule has 5 nitrogen and oxygen atoms in total. The van der Waals surface area contributed by atoms with E-state index in [1.807, 2.05) is 30.5 Å². The third kappa shape index (κ3) is 4.39. The molecule has 0 radical (unpaired) electrons. The number of hydrogen-bond donors (Lipinski definition) is 2. The topological polar surface area (TPSA) is 61.4 Å². The van der Waals surface area contributed by atoms with Crippen LogP contribution in [0, 0.1) is 0 Å². The second kappa shape index (κ2) is 7.36. The summed E-state index contributed by atoms with van der Waals surface area (Å²) in [5.41, 5.74) is 0.810. The molecule has 2 N–H and O–H groups in total. The number of carbonyl (C=O) groups is 2. The minimum atomic E-state index is -0.210. The minimum absolute atomic E-state index is 0.0420. The van der Waals surface area contributed by atoms with Crippen molar-refractivity contribution in [2.24, 2.45) is 0 Å². The summed E-state index contributed by atoms with van der Waals surface area (Å²) in [4.78, 5) is 26.5. The van der Waals surface area contributed by atoms with E-state index in [0.717, 1.165) is 17.0 Å². The molecule has 1 aromatic rings. The highest BCUT2D eigenvalue weighted by atomic mass is 32.2. The highest BCUT2D eigenvalue weighted by Gasteiger charge is 2.21. The van der Waals surface area contributed by atoms with E-state index in [0.29, 0.717) is 19.4 Å². The van der Waals surface area contributed by atoms with Crippen LogP contribution in [0.15, 0.2) is 29.2 Å². The Morgan fingerprint density at radius 3 is 2.86 bits per heavy atom. The van der Waals surface area contributed by atoms with Crippen LogP contribution in [0.2, 0.25) is 0 Å². The molecular weight excluding hydrogens is 286 g/mol. The summed E-state index contributed by atoms with van der Waals surface area (Å²) >= 11 is 1.59. The molecule has 1 aliphatic rings. The second-order valence-electron chi connectivity index (χ2n) is 5.14. The Balaban J connectivity index is 1.91. The third-order valence-electron chi connectivity index (χ3n) is 3.64. The Morgan fingerprint density at radius 1 is 1.33 bits per heavy atom. The number of urea groups is 1. The molecule has 2 rings (SSSR count). The molecule has 1 aromatic carbocycles. The maximum absolute atomic E-state index is 12.1. The lowest BCUT2D eigenvalue weighted by atomic mass is 10.1. The number of amides is 3. The van der Waals surface area contributed by atoms with Gasteiger partial charge < -0.3 is 15.5 Å². The molecule has 1 aliphatic heterocycles. The lowest BCUT2D eigenvalue weighted by molar-refractivity contribution is -0.129. The predicted molar refractivity (Wildman–Crippen MR) is 85.7 cm³/mol. The molecule has 1 atom stereocenters. The predicted octanol–water partition coefficient (Wildman–Crippen LogP) is 2.54. The molecule has 114 valence electrons. The molecule has 1 heterocycles. The second-order valence-corrected chi connectivity index (χ2v) is 5.99. The fourth-order valence-electron chi connectivity index (χ4n) is 2.34. The SMILES string of the molecule is CSc1ccccc1NC(=O)NC1CCC(=O)N(C)CC1. The number of anilines is 1. The van der Waals surface area contributed by atoms with Crippen molar-refractivity contribution in [2.45, 2.75) is 30.2 Å². The Labute approximate surface area is 129 Å². The van der Waals surface area contributed by atoms with Gasteiger partial charge in [-0.1, -0.05) is 12.1 Å². The number of benzene rings is 1. The van der Waals surface area contributed by atoms with Crippen LogP contribution >= 0.6 is 11.8 Å². The zero-order chi connectivity index (χ0) is 15.2. The van der Waals surface area contributed by atoms with E-state index < -0.39 is 0 Å². The zero-order valence-corrected chi connectivity index (χ0v) is 13.2. The van der Waals surface area contributed by atoms with Gasteiger partial charge in [0.1, 0.15) is 0 Å². The van der Waals surface area contributed by atoms with E-state index >= 15 is 0 Å². The van der Waals surface area contributed by atoms with E-state index in [1.54, 1.807) is 23.7 Å². The van der Waals surface area contributed by atoms with Crippen LogP contribution in [0.4, 0.5) is 10.5 Å². The molecule has 0 bridgehead atoms. The largest absolute Gasteiger partial charge is 0.346 e. The van der Waals surface area contributed by atoms with Gasteiger partial charge in [-0.2, -0.15) is 0 Å². The van der Waals surface area contributed by atoms with Crippen LogP contribution < -0.4 is 10.6 Å². The van der Waals surface area contributed by atoms with Crippen molar-refractivity contribution >= 4 is 29.4 Å². The smallest absolute Gasteiger partial charge is 0.319 e. The third-order valence-corrected chi connectivity index (χ3v) is 4.43. The first-order valence-corrected chi connectivity index (χ1v) is 8.27. The first-order valence-electron chi connectivity index (χ1n) is 7.04. The van der Waals surface area contributed by atoms with Crippen LogP contribution in [0.5, 0.6) is 0 Å². The number of hydrogen-bond acceptors (Lipinski definition) is 3. The maximum atomic E-state index is 12.1. The van der Waals surface area contributed by atoms with E-state index in [2.05, 4.69) is 10.6 Å². The van der Waals surface area contributed by atoms with E-state index in [1.165, 1.54) is 0 Å².